The summed E-state index contributed by atoms with van der Waals surface area (Å²) >= 11 is 1.14. The lowest BCUT2D eigenvalue weighted by molar-refractivity contribution is -0.115. The Bertz CT molecular complexity index is 998. The molecule has 0 aliphatic carbocycles. The molecule has 0 fully saturated rings. The Hall–Kier alpha value is -2.84. The standard InChI is InChI=1S/C18H16N2O4S2/c21-16-5-2-1-4-15(16)19-17(22)12-13-7-9-14(10-8-13)20-26(23,24)18-6-3-11-25-18/h1-11,20-21H,12H2,(H,19,22). The van der Waals surface area contributed by atoms with E-state index in [4.69, 9.17) is 0 Å². The maximum atomic E-state index is 12.2. The number of para-hydroxylation sites is 2. The molecule has 3 rings (SSSR count). The number of anilines is 2. The van der Waals surface area contributed by atoms with Gasteiger partial charge in [0.2, 0.25) is 5.91 Å². The molecule has 134 valence electrons. The van der Waals surface area contributed by atoms with Crippen molar-refractivity contribution >= 4 is 38.6 Å². The number of hydrogen-bond acceptors (Lipinski definition) is 5. The third-order valence-electron chi connectivity index (χ3n) is 3.51. The molecule has 0 atom stereocenters. The number of rotatable bonds is 6. The van der Waals surface area contributed by atoms with Gasteiger partial charge in [-0.25, -0.2) is 8.42 Å². The number of aromatic hydroxyl groups is 1. The van der Waals surface area contributed by atoms with Crippen molar-refractivity contribution in [2.45, 2.75) is 10.6 Å². The average molecular weight is 388 g/mol. The van der Waals surface area contributed by atoms with Crippen LogP contribution in [-0.4, -0.2) is 19.4 Å². The number of carbonyl (C=O) groups excluding carboxylic acids is 1. The van der Waals surface area contributed by atoms with E-state index in [1.165, 1.54) is 12.1 Å². The summed E-state index contributed by atoms with van der Waals surface area (Å²) < 4.78 is 27.1. The van der Waals surface area contributed by atoms with Crippen LogP contribution in [0.5, 0.6) is 5.75 Å². The van der Waals surface area contributed by atoms with Crippen LogP contribution >= 0.6 is 11.3 Å². The summed E-state index contributed by atoms with van der Waals surface area (Å²) in [6.07, 6.45) is 0.103. The van der Waals surface area contributed by atoms with Gasteiger partial charge >= 0.3 is 0 Å². The Morgan fingerprint density at radius 3 is 2.38 bits per heavy atom. The van der Waals surface area contributed by atoms with Gasteiger partial charge in [-0.1, -0.05) is 30.3 Å². The highest BCUT2D eigenvalue weighted by molar-refractivity contribution is 7.94. The van der Waals surface area contributed by atoms with Crippen LogP contribution in [0.2, 0.25) is 0 Å². The highest BCUT2D eigenvalue weighted by Gasteiger charge is 2.15. The molecule has 6 nitrogen and oxygen atoms in total. The summed E-state index contributed by atoms with van der Waals surface area (Å²) in [4.78, 5) is 12.1. The topological polar surface area (TPSA) is 95.5 Å². The molecule has 0 unspecified atom stereocenters. The fraction of sp³-hybridized carbons (Fsp3) is 0.0556. The molecule has 1 aromatic heterocycles. The zero-order valence-electron chi connectivity index (χ0n) is 13.5. The SMILES string of the molecule is O=C(Cc1ccc(NS(=O)(=O)c2cccs2)cc1)Nc1ccccc1O. The van der Waals surface area contributed by atoms with Crippen molar-refractivity contribution in [3.63, 3.8) is 0 Å². The molecule has 0 bridgehead atoms. The number of nitrogens with one attached hydrogen (secondary N) is 2. The average Bonchev–Trinajstić information content (AvgIpc) is 3.14. The lowest BCUT2D eigenvalue weighted by atomic mass is 10.1. The van der Waals surface area contributed by atoms with E-state index in [0.29, 0.717) is 11.4 Å². The van der Waals surface area contributed by atoms with Crippen molar-refractivity contribution in [1.29, 1.82) is 0 Å². The highest BCUT2D eigenvalue weighted by atomic mass is 32.2. The molecule has 0 radical (unpaired) electrons. The Labute approximate surface area is 155 Å². The summed E-state index contributed by atoms with van der Waals surface area (Å²) in [6, 6.07) is 16.2. The van der Waals surface area contributed by atoms with E-state index in [0.717, 1.165) is 16.9 Å². The van der Waals surface area contributed by atoms with Gasteiger partial charge in [0, 0.05) is 5.69 Å². The zero-order chi connectivity index (χ0) is 18.6. The molecule has 2 aromatic carbocycles. The largest absolute Gasteiger partial charge is 0.506 e. The third kappa shape index (κ3) is 4.41. The van der Waals surface area contributed by atoms with E-state index in [-0.39, 0.29) is 22.3 Å². The number of phenols is 1. The second-order valence-corrected chi connectivity index (χ2v) is 8.33. The molecule has 3 aromatic rings. The summed E-state index contributed by atoms with van der Waals surface area (Å²) in [5, 5.41) is 14.0. The van der Waals surface area contributed by atoms with Crippen molar-refractivity contribution in [3.8, 4) is 5.75 Å². The van der Waals surface area contributed by atoms with Crippen LogP contribution in [0.25, 0.3) is 0 Å². The first-order chi connectivity index (χ1) is 12.4. The zero-order valence-corrected chi connectivity index (χ0v) is 15.2. The van der Waals surface area contributed by atoms with Crippen LogP contribution in [0.15, 0.2) is 70.3 Å². The van der Waals surface area contributed by atoms with Crippen LogP contribution in [-0.2, 0) is 21.2 Å². The van der Waals surface area contributed by atoms with Crippen molar-refractivity contribution < 1.29 is 18.3 Å². The lowest BCUT2D eigenvalue weighted by Crippen LogP contribution is -2.14. The first-order valence-corrected chi connectivity index (χ1v) is 10.0. The molecule has 0 aliphatic heterocycles. The van der Waals surface area contributed by atoms with Gasteiger partial charge in [-0.3, -0.25) is 9.52 Å². The monoisotopic (exact) mass is 388 g/mol. The summed E-state index contributed by atoms with van der Waals surface area (Å²) in [6.45, 7) is 0. The lowest BCUT2D eigenvalue weighted by Gasteiger charge is -2.09. The molecule has 3 N–H and O–H groups in total. The molecular weight excluding hydrogens is 372 g/mol. The fourth-order valence-corrected chi connectivity index (χ4v) is 4.32. The second-order valence-electron chi connectivity index (χ2n) is 5.48. The normalized spacial score (nSPS) is 11.1. The van der Waals surface area contributed by atoms with Gasteiger partial charge in [-0.2, -0.15) is 0 Å². The number of carbonyl (C=O) groups is 1. The minimum Gasteiger partial charge on any atom is -0.506 e. The van der Waals surface area contributed by atoms with Crippen LogP contribution in [0.4, 0.5) is 11.4 Å². The maximum absolute atomic E-state index is 12.2. The first-order valence-electron chi connectivity index (χ1n) is 7.67. The van der Waals surface area contributed by atoms with Crippen molar-refractivity contribution in [1.82, 2.24) is 0 Å². The minimum absolute atomic E-state index is 0.000758. The Balaban J connectivity index is 1.63. The summed E-state index contributed by atoms with van der Waals surface area (Å²) in [5.74, 6) is -0.280. The fourth-order valence-electron chi connectivity index (χ4n) is 2.27. The summed E-state index contributed by atoms with van der Waals surface area (Å²) in [7, 11) is -3.59. The van der Waals surface area contributed by atoms with Crippen molar-refractivity contribution in [2.75, 3.05) is 10.0 Å². The molecule has 1 heterocycles. The van der Waals surface area contributed by atoms with Gasteiger partial charge in [-0.05, 0) is 41.3 Å². The highest BCUT2D eigenvalue weighted by Crippen LogP contribution is 2.22. The van der Waals surface area contributed by atoms with Gasteiger partial charge in [0.25, 0.3) is 10.0 Å². The quantitative estimate of drug-likeness (QED) is 0.564. The molecule has 26 heavy (non-hydrogen) atoms. The van der Waals surface area contributed by atoms with Crippen LogP contribution in [0.1, 0.15) is 5.56 Å². The molecular formula is C18H16N2O4S2. The number of thiophene rings is 1. The predicted molar refractivity (Wildman–Crippen MR) is 102 cm³/mol. The van der Waals surface area contributed by atoms with E-state index < -0.39 is 10.0 Å². The number of sulfonamides is 1. The first kappa shape index (κ1) is 18.0. The molecule has 8 heteroatoms. The molecule has 0 aliphatic rings. The minimum atomic E-state index is -3.59. The molecule has 0 spiro atoms. The van der Waals surface area contributed by atoms with Gasteiger partial charge in [0.1, 0.15) is 9.96 Å². The van der Waals surface area contributed by atoms with E-state index in [2.05, 4.69) is 10.0 Å². The number of phenolic OH excluding ortho intramolecular Hbond substituents is 1. The van der Waals surface area contributed by atoms with Crippen molar-refractivity contribution in [3.05, 3.63) is 71.6 Å². The van der Waals surface area contributed by atoms with Gasteiger partial charge < -0.3 is 10.4 Å². The van der Waals surface area contributed by atoms with E-state index in [1.807, 2.05) is 0 Å². The van der Waals surface area contributed by atoms with E-state index in [1.54, 1.807) is 53.9 Å². The van der Waals surface area contributed by atoms with Crippen LogP contribution in [0, 0.1) is 0 Å². The van der Waals surface area contributed by atoms with E-state index >= 15 is 0 Å². The number of benzene rings is 2. The Morgan fingerprint density at radius 2 is 1.73 bits per heavy atom. The number of hydrogen-bond donors (Lipinski definition) is 3. The Morgan fingerprint density at radius 1 is 1.00 bits per heavy atom. The molecule has 0 saturated carbocycles. The van der Waals surface area contributed by atoms with Gasteiger partial charge in [-0.15, -0.1) is 11.3 Å². The van der Waals surface area contributed by atoms with Gasteiger partial charge in [0.05, 0.1) is 12.1 Å². The van der Waals surface area contributed by atoms with Crippen LogP contribution < -0.4 is 10.0 Å². The van der Waals surface area contributed by atoms with Crippen LogP contribution in [0.3, 0.4) is 0 Å². The smallest absolute Gasteiger partial charge is 0.271 e. The predicted octanol–water partition coefficient (Wildman–Crippen LogP) is 3.44. The number of amides is 1. The molecule has 1 amide bonds. The second kappa shape index (κ2) is 7.59. The molecule has 0 saturated heterocycles. The van der Waals surface area contributed by atoms with E-state index in [9.17, 15) is 18.3 Å². The maximum Gasteiger partial charge on any atom is 0.271 e. The van der Waals surface area contributed by atoms with Crippen molar-refractivity contribution in [2.24, 2.45) is 0 Å². The Kier molecular flexibility index (Phi) is 5.24. The third-order valence-corrected chi connectivity index (χ3v) is 6.29. The van der Waals surface area contributed by atoms with Gasteiger partial charge in [0.15, 0.2) is 0 Å². The summed E-state index contributed by atoms with van der Waals surface area (Å²) in [5.41, 5.74) is 1.48.